The maximum Gasteiger partial charge on any atom is 0.422 e. The summed E-state index contributed by atoms with van der Waals surface area (Å²) in [6, 6.07) is 6.17. The number of hydrogen-bond acceptors (Lipinski definition) is 3. The van der Waals surface area contributed by atoms with E-state index in [0.717, 1.165) is 25.8 Å². The standard InChI is InChI=1S/C15H19F3N2O2/c16-15(17,18)10-22-13-7-2-1-5-11(13)9-20-14(21)12-6-3-4-8-19-12/h1-2,5,7,12,19H,3-4,6,8-10H2,(H,20,21). The summed E-state index contributed by atoms with van der Waals surface area (Å²) in [4.78, 5) is 12.0. The number of benzene rings is 1. The van der Waals surface area contributed by atoms with Crippen LogP contribution in [0, 0.1) is 0 Å². The van der Waals surface area contributed by atoms with Gasteiger partial charge in [-0.05, 0) is 25.5 Å². The molecule has 1 heterocycles. The van der Waals surface area contributed by atoms with Gasteiger partial charge in [0.1, 0.15) is 5.75 Å². The molecule has 0 bridgehead atoms. The molecule has 1 aliphatic heterocycles. The lowest BCUT2D eigenvalue weighted by atomic mass is 10.0. The normalized spacial score (nSPS) is 18.8. The fourth-order valence-corrected chi connectivity index (χ4v) is 2.33. The molecule has 1 aromatic carbocycles. The van der Waals surface area contributed by atoms with Gasteiger partial charge in [-0.2, -0.15) is 13.2 Å². The van der Waals surface area contributed by atoms with Crippen molar-refractivity contribution >= 4 is 5.91 Å². The van der Waals surface area contributed by atoms with Crippen LogP contribution in [0.3, 0.4) is 0 Å². The fraction of sp³-hybridized carbons (Fsp3) is 0.533. The van der Waals surface area contributed by atoms with Gasteiger partial charge in [-0.15, -0.1) is 0 Å². The van der Waals surface area contributed by atoms with Crippen molar-refractivity contribution < 1.29 is 22.7 Å². The number of para-hydroxylation sites is 1. The Labute approximate surface area is 127 Å². The molecule has 2 rings (SSSR count). The number of halogens is 3. The summed E-state index contributed by atoms with van der Waals surface area (Å²) >= 11 is 0. The molecule has 1 aliphatic rings. The fourth-order valence-electron chi connectivity index (χ4n) is 2.33. The molecular weight excluding hydrogens is 297 g/mol. The van der Waals surface area contributed by atoms with Crippen molar-refractivity contribution in [2.45, 2.75) is 38.0 Å². The highest BCUT2D eigenvalue weighted by Crippen LogP contribution is 2.22. The van der Waals surface area contributed by atoms with Crippen molar-refractivity contribution in [2.75, 3.05) is 13.2 Å². The third-order valence-corrected chi connectivity index (χ3v) is 3.44. The van der Waals surface area contributed by atoms with Crippen LogP contribution in [0.25, 0.3) is 0 Å². The Balaban J connectivity index is 1.90. The molecule has 0 radical (unpaired) electrons. The first-order valence-electron chi connectivity index (χ1n) is 7.24. The predicted octanol–water partition coefficient (Wildman–Crippen LogP) is 2.39. The van der Waals surface area contributed by atoms with Crippen molar-refractivity contribution in [3.8, 4) is 5.75 Å². The maximum atomic E-state index is 12.2. The first-order chi connectivity index (χ1) is 10.5. The smallest absolute Gasteiger partial charge is 0.422 e. The summed E-state index contributed by atoms with van der Waals surface area (Å²) < 4.78 is 41.5. The zero-order chi connectivity index (χ0) is 16.0. The summed E-state index contributed by atoms with van der Waals surface area (Å²) in [6.07, 6.45) is -1.56. The van der Waals surface area contributed by atoms with E-state index in [9.17, 15) is 18.0 Å². The Morgan fingerprint density at radius 2 is 2.09 bits per heavy atom. The van der Waals surface area contributed by atoms with E-state index in [1.807, 2.05) is 0 Å². The number of piperidine rings is 1. The largest absolute Gasteiger partial charge is 0.484 e. The monoisotopic (exact) mass is 316 g/mol. The van der Waals surface area contributed by atoms with E-state index >= 15 is 0 Å². The third-order valence-electron chi connectivity index (χ3n) is 3.44. The van der Waals surface area contributed by atoms with Crippen molar-refractivity contribution in [3.63, 3.8) is 0 Å². The van der Waals surface area contributed by atoms with Crippen LogP contribution < -0.4 is 15.4 Å². The topological polar surface area (TPSA) is 50.4 Å². The predicted molar refractivity (Wildman–Crippen MR) is 75.5 cm³/mol. The van der Waals surface area contributed by atoms with Gasteiger partial charge in [0.2, 0.25) is 5.91 Å². The Kier molecular flexibility index (Phi) is 5.65. The molecule has 1 aromatic rings. The number of alkyl halides is 3. The first kappa shape index (κ1) is 16.6. The number of amides is 1. The van der Waals surface area contributed by atoms with E-state index in [2.05, 4.69) is 10.6 Å². The molecule has 1 fully saturated rings. The lowest BCUT2D eigenvalue weighted by Crippen LogP contribution is -2.46. The van der Waals surface area contributed by atoms with Crippen molar-refractivity contribution in [3.05, 3.63) is 29.8 Å². The second-order valence-corrected chi connectivity index (χ2v) is 5.23. The second kappa shape index (κ2) is 7.49. The molecule has 1 saturated heterocycles. The van der Waals surface area contributed by atoms with E-state index in [1.165, 1.54) is 6.07 Å². The van der Waals surface area contributed by atoms with Crippen LogP contribution in [0.15, 0.2) is 24.3 Å². The molecule has 1 unspecified atom stereocenters. The number of carbonyl (C=O) groups is 1. The first-order valence-corrected chi connectivity index (χ1v) is 7.24. The summed E-state index contributed by atoms with van der Waals surface area (Å²) in [5, 5.41) is 5.87. The van der Waals surface area contributed by atoms with Gasteiger partial charge in [0.05, 0.1) is 6.04 Å². The van der Waals surface area contributed by atoms with Gasteiger partial charge in [0.15, 0.2) is 6.61 Å². The summed E-state index contributed by atoms with van der Waals surface area (Å²) in [5.74, 6) is 0.00190. The minimum Gasteiger partial charge on any atom is -0.484 e. The Morgan fingerprint density at radius 3 is 2.77 bits per heavy atom. The molecule has 0 aliphatic carbocycles. The van der Waals surface area contributed by atoms with Crippen LogP contribution in [-0.2, 0) is 11.3 Å². The zero-order valence-electron chi connectivity index (χ0n) is 12.1. The van der Waals surface area contributed by atoms with Gasteiger partial charge in [-0.3, -0.25) is 4.79 Å². The highest BCUT2D eigenvalue weighted by atomic mass is 19.4. The molecule has 122 valence electrons. The number of ether oxygens (including phenoxy) is 1. The van der Waals surface area contributed by atoms with Gasteiger partial charge in [-0.1, -0.05) is 24.6 Å². The Morgan fingerprint density at radius 1 is 1.32 bits per heavy atom. The van der Waals surface area contributed by atoms with Gasteiger partial charge in [0.25, 0.3) is 0 Å². The molecule has 22 heavy (non-hydrogen) atoms. The number of rotatable bonds is 5. The SMILES string of the molecule is O=C(NCc1ccccc1OCC(F)(F)F)C1CCCCN1. The minimum atomic E-state index is -4.39. The molecule has 1 atom stereocenters. The van der Waals surface area contributed by atoms with Gasteiger partial charge >= 0.3 is 6.18 Å². The second-order valence-electron chi connectivity index (χ2n) is 5.23. The van der Waals surface area contributed by atoms with E-state index in [4.69, 9.17) is 4.74 Å². The van der Waals surface area contributed by atoms with E-state index in [0.29, 0.717) is 5.56 Å². The summed E-state index contributed by atoms with van der Waals surface area (Å²) in [5.41, 5.74) is 0.524. The Hall–Kier alpha value is -1.76. The maximum absolute atomic E-state index is 12.2. The van der Waals surface area contributed by atoms with Gasteiger partial charge < -0.3 is 15.4 Å². The molecule has 0 aromatic heterocycles. The Bertz CT molecular complexity index is 500. The molecule has 0 spiro atoms. The van der Waals surface area contributed by atoms with E-state index in [-0.39, 0.29) is 24.2 Å². The lowest BCUT2D eigenvalue weighted by Gasteiger charge is -2.22. The molecule has 0 saturated carbocycles. The van der Waals surface area contributed by atoms with Crippen LogP contribution in [0.2, 0.25) is 0 Å². The number of nitrogens with one attached hydrogen (secondary N) is 2. The van der Waals surface area contributed by atoms with Crippen LogP contribution in [0.1, 0.15) is 24.8 Å². The lowest BCUT2D eigenvalue weighted by molar-refractivity contribution is -0.153. The molecule has 7 heteroatoms. The summed E-state index contributed by atoms with van der Waals surface area (Å²) in [6.45, 7) is -0.392. The quantitative estimate of drug-likeness (QED) is 0.877. The van der Waals surface area contributed by atoms with Crippen molar-refractivity contribution in [2.24, 2.45) is 0 Å². The zero-order valence-corrected chi connectivity index (χ0v) is 12.1. The average Bonchev–Trinajstić information content (AvgIpc) is 2.51. The van der Waals surface area contributed by atoms with Crippen LogP contribution >= 0.6 is 0 Å². The number of hydrogen-bond donors (Lipinski definition) is 2. The highest BCUT2D eigenvalue weighted by molar-refractivity contribution is 5.81. The minimum absolute atomic E-state index is 0.134. The van der Waals surface area contributed by atoms with Crippen LogP contribution in [0.5, 0.6) is 5.75 Å². The molecular formula is C15H19F3N2O2. The van der Waals surface area contributed by atoms with Crippen LogP contribution in [0.4, 0.5) is 13.2 Å². The summed E-state index contributed by atoms with van der Waals surface area (Å²) in [7, 11) is 0. The average molecular weight is 316 g/mol. The van der Waals surface area contributed by atoms with Gasteiger partial charge in [-0.25, -0.2) is 0 Å². The molecule has 1 amide bonds. The third kappa shape index (κ3) is 5.22. The van der Waals surface area contributed by atoms with Crippen LogP contribution in [-0.4, -0.2) is 31.3 Å². The molecule has 2 N–H and O–H groups in total. The highest BCUT2D eigenvalue weighted by Gasteiger charge is 2.28. The molecule has 4 nitrogen and oxygen atoms in total. The number of carbonyl (C=O) groups excluding carboxylic acids is 1. The van der Waals surface area contributed by atoms with Crippen molar-refractivity contribution in [1.82, 2.24) is 10.6 Å². The van der Waals surface area contributed by atoms with Gasteiger partial charge in [0, 0.05) is 12.1 Å². The van der Waals surface area contributed by atoms with E-state index in [1.54, 1.807) is 18.2 Å². The van der Waals surface area contributed by atoms with Crippen molar-refractivity contribution in [1.29, 1.82) is 0 Å². The van der Waals surface area contributed by atoms with E-state index < -0.39 is 12.8 Å².